The van der Waals surface area contributed by atoms with Crippen molar-refractivity contribution in [2.24, 2.45) is 5.14 Å². The summed E-state index contributed by atoms with van der Waals surface area (Å²) in [5, 5.41) is 7.24. The number of anilines is 1. The molecule has 8 heteroatoms. The minimum absolute atomic E-state index is 0.0734. The first-order chi connectivity index (χ1) is 8.38. The van der Waals surface area contributed by atoms with Crippen LogP contribution < -0.4 is 16.2 Å². The van der Waals surface area contributed by atoms with Crippen molar-refractivity contribution in [1.29, 1.82) is 0 Å². The third kappa shape index (κ3) is 5.62. The Morgan fingerprint density at radius 3 is 2.72 bits per heavy atom. The molecule has 7 nitrogen and oxygen atoms in total. The fourth-order valence-corrected chi connectivity index (χ4v) is 1.58. The number of nitrogens with two attached hydrogens (primary N) is 2. The van der Waals surface area contributed by atoms with Crippen molar-refractivity contribution in [3.05, 3.63) is 29.8 Å². The molecule has 0 bridgehead atoms. The van der Waals surface area contributed by atoms with E-state index in [1.165, 1.54) is 0 Å². The molecule has 18 heavy (non-hydrogen) atoms. The minimum atomic E-state index is -3.91. The zero-order valence-electron chi connectivity index (χ0n) is 9.63. The molecule has 1 aromatic carbocycles. The van der Waals surface area contributed by atoms with Gasteiger partial charge in [-0.3, -0.25) is 8.98 Å². The molecule has 5 N–H and O–H groups in total. The maximum absolute atomic E-state index is 11.6. The van der Waals surface area contributed by atoms with Gasteiger partial charge in [0.25, 0.3) is 5.91 Å². The van der Waals surface area contributed by atoms with Crippen molar-refractivity contribution in [3.63, 3.8) is 0 Å². The summed E-state index contributed by atoms with van der Waals surface area (Å²) in [5.41, 5.74) is 6.49. The van der Waals surface area contributed by atoms with Gasteiger partial charge in [-0.1, -0.05) is 6.07 Å². The molecule has 0 aliphatic carbocycles. The molecule has 0 atom stereocenters. The summed E-state index contributed by atoms with van der Waals surface area (Å²) < 4.78 is 25.2. The van der Waals surface area contributed by atoms with Crippen LogP contribution in [0, 0.1) is 0 Å². The lowest BCUT2D eigenvalue weighted by atomic mass is 10.2. The molecule has 0 aromatic heterocycles. The first-order valence-corrected chi connectivity index (χ1v) is 6.66. The molecule has 0 aliphatic rings. The quantitative estimate of drug-likeness (QED) is 0.481. The van der Waals surface area contributed by atoms with E-state index in [2.05, 4.69) is 14.6 Å². The number of carbonyl (C=O) groups is 1. The maximum atomic E-state index is 11.6. The molecule has 0 heterocycles. The van der Waals surface area contributed by atoms with Crippen molar-refractivity contribution in [1.82, 2.24) is 5.32 Å². The monoisotopic (exact) mass is 273 g/mol. The summed E-state index contributed by atoms with van der Waals surface area (Å²) >= 11 is 0. The molecular formula is C10H15N3O4S. The van der Waals surface area contributed by atoms with Gasteiger partial charge in [0.2, 0.25) is 0 Å². The Labute approximate surface area is 105 Å². The highest BCUT2D eigenvalue weighted by Crippen LogP contribution is 2.05. The third-order valence-corrected chi connectivity index (χ3v) is 2.50. The predicted molar refractivity (Wildman–Crippen MR) is 66.9 cm³/mol. The molecule has 0 aliphatic heterocycles. The van der Waals surface area contributed by atoms with Gasteiger partial charge in [0.05, 0.1) is 6.61 Å². The lowest BCUT2D eigenvalue weighted by molar-refractivity contribution is 0.0952. The molecule has 0 radical (unpaired) electrons. The number of carbonyl (C=O) groups excluding carboxylic acids is 1. The Kier molecular flexibility index (Phi) is 5.08. The molecule has 0 spiro atoms. The number of nitrogens with one attached hydrogen (secondary N) is 1. The van der Waals surface area contributed by atoms with Crippen LogP contribution in [0.5, 0.6) is 0 Å². The lowest BCUT2D eigenvalue weighted by Gasteiger charge is -2.05. The van der Waals surface area contributed by atoms with Crippen molar-refractivity contribution in [2.75, 3.05) is 18.9 Å². The molecule has 100 valence electrons. The van der Waals surface area contributed by atoms with Crippen LogP contribution in [0.4, 0.5) is 5.69 Å². The van der Waals surface area contributed by atoms with Crippen molar-refractivity contribution in [2.45, 2.75) is 6.42 Å². The Morgan fingerprint density at radius 2 is 2.11 bits per heavy atom. The van der Waals surface area contributed by atoms with Crippen LogP contribution in [0.3, 0.4) is 0 Å². The van der Waals surface area contributed by atoms with E-state index in [1.807, 2.05) is 0 Å². The smallest absolute Gasteiger partial charge is 0.333 e. The molecular weight excluding hydrogens is 258 g/mol. The van der Waals surface area contributed by atoms with Crippen molar-refractivity contribution in [3.8, 4) is 0 Å². The highest BCUT2D eigenvalue weighted by molar-refractivity contribution is 7.84. The zero-order valence-corrected chi connectivity index (χ0v) is 10.4. The summed E-state index contributed by atoms with van der Waals surface area (Å²) in [7, 11) is -3.91. The predicted octanol–water partition coefficient (Wildman–Crippen LogP) is -0.391. The van der Waals surface area contributed by atoms with E-state index in [0.717, 1.165) is 0 Å². The van der Waals surface area contributed by atoms with Gasteiger partial charge < -0.3 is 11.1 Å². The molecule has 0 unspecified atom stereocenters. The Hall–Kier alpha value is -1.64. The van der Waals surface area contributed by atoms with Crippen LogP contribution in [0.25, 0.3) is 0 Å². The summed E-state index contributed by atoms with van der Waals surface area (Å²) in [6.45, 7) is 0.208. The second-order valence-electron chi connectivity index (χ2n) is 3.55. The van der Waals surface area contributed by atoms with E-state index in [1.54, 1.807) is 24.3 Å². The SMILES string of the molecule is Nc1cccc(C(=O)NCCCOS(N)(=O)=O)c1. The van der Waals surface area contributed by atoms with Gasteiger partial charge in [0, 0.05) is 17.8 Å². The number of benzene rings is 1. The van der Waals surface area contributed by atoms with Gasteiger partial charge in [-0.05, 0) is 24.6 Å². The van der Waals surface area contributed by atoms with Crippen LogP contribution >= 0.6 is 0 Å². The van der Waals surface area contributed by atoms with E-state index in [-0.39, 0.29) is 19.1 Å². The number of amides is 1. The number of hydrogen-bond donors (Lipinski definition) is 3. The van der Waals surface area contributed by atoms with Crippen LogP contribution in [-0.4, -0.2) is 27.5 Å². The molecule has 1 rings (SSSR count). The Bertz CT molecular complexity index is 516. The van der Waals surface area contributed by atoms with E-state index in [9.17, 15) is 13.2 Å². The van der Waals surface area contributed by atoms with Crippen LogP contribution in [0.2, 0.25) is 0 Å². The van der Waals surface area contributed by atoms with Gasteiger partial charge in [-0.2, -0.15) is 8.42 Å². The molecule has 0 fully saturated rings. The molecule has 0 saturated heterocycles. The van der Waals surface area contributed by atoms with Crippen LogP contribution in [0.1, 0.15) is 16.8 Å². The normalized spacial score (nSPS) is 11.2. The largest absolute Gasteiger partial charge is 0.399 e. The topological polar surface area (TPSA) is 125 Å². The highest BCUT2D eigenvalue weighted by Gasteiger charge is 2.05. The van der Waals surface area contributed by atoms with Gasteiger partial charge >= 0.3 is 10.3 Å². The molecule has 1 amide bonds. The second-order valence-corrected chi connectivity index (χ2v) is 4.77. The minimum Gasteiger partial charge on any atom is -0.399 e. The fraction of sp³-hybridized carbons (Fsp3) is 0.300. The van der Waals surface area contributed by atoms with E-state index in [4.69, 9.17) is 5.73 Å². The first kappa shape index (κ1) is 14.4. The number of nitrogen functional groups attached to an aromatic ring is 1. The van der Waals surface area contributed by atoms with Crippen LogP contribution in [-0.2, 0) is 14.5 Å². The number of rotatable bonds is 6. The van der Waals surface area contributed by atoms with E-state index < -0.39 is 10.3 Å². The van der Waals surface area contributed by atoms with Gasteiger partial charge in [-0.15, -0.1) is 0 Å². The van der Waals surface area contributed by atoms with Gasteiger partial charge in [0.15, 0.2) is 0 Å². The Balaban J connectivity index is 2.30. The fourth-order valence-electron chi connectivity index (χ4n) is 1.23. The third-order valence-electron chi connectivity index (χ3n) is 2.00. The van der Waals surface area contributed by atoms with Crippen molar-refractivity contribution >= 4 is 21.9 Å². The average molecular weight is 273 g/mol. The maximum Gasteiger partial charge on any atom is 0.333 e. The number of hydrogen-bond acceptors (Lipinski definition) is 5. The van der Waals surface area contributed by atoms with Gasteiger partial charge in [-0.25, -0.2) is 5.14 Å². The summed E-state index contributed by atoms with van der Waals surface area (Å²) in [4.78, 5) is 11.6. The first-order valence-electron chi connectivity index (χ1n) is 5.19. The van der Waals surface area contributed by atoms with E-state index >= 15 is 0 Å². The summed E-state index contributed by atoms with van der Waals surface area (Å²) in [5.74, 6) is -0.280. The lowest BCUT2D eigenvalue weighted by Crippen LogP contribution is -2.26. The molecule has 0 saturated carbocycles. The van der Waals surface area contributed by atoms with E-state index in [0.29, 0.717) is 17.7 Å². The second kappa shape index (κ2) is 6.34. The molecule has 1 aromatic rings. The van der Waals surface area contributed by atoms with Crippen LogP contribution in [0.15, 0.2) is 24.3 Å². The van der Waals surface area contributed by atoms with Gasteiger partial charge in [0.1, 0.15) is 0 Å². The standard InChI is InChI=1S/C10H15N3O4S/c11-9-4-1-3-8(7-9)10(14)13-5-2-6-17-18(12,15)16/h1,3-4,7H,2,5-6,11H2,(H,13,14)(H2,12,15,16). The summed E-state index contributed by atoms with van der Waals surface area (Å²) in [6.07, 6.45) is 0.338. The average Bonchev–Trinajstić information content (AvgIpc) is 2.26. The van der Waals surface area contributed by atoms with Crippen molar-refractivity contribution < 1.29 is 17.4 Å². The Morgan fingerprint density at radius 1 is 1.39 bits per heavy atom. The summed E-state index contributed by atoms with van der Waals surface area (Å²) in [6, 6.07) is 6.54. The highest BCUT2D eigenvalue weighted by atomic mass is 32.2. The zero-order chi connectivity index (χ0) is 13.6.